The molecule has 0 spiro atoms. The van der Waals surface area contributed by atoms with E-state index in [1.165, 1.54) is 53.9 Å². The first kappa shape index (κ1) is 20.2. The van der Waals surface area contributed by atoms with E-state index >= 15 is 0 Å². The first-order valence-electron chi connectivity index (χ1n) is 11.9. The van der Waals surface area contributed by atoms with Crippen molar-refractivity contribution < 1.29 is 0 Å². The van der Waals surface area contributed by atoms with Gasteiger partial charge < -0.3 is 20.6 Å². The topological polar surface area (TPSA) is 61.9 Å². The zero-order valence-electron chi connectivity index (χ0n) is 19.8. The van der Waals surface area contributed by atoms with E-state index in [-0.39, 0.29) is 0 Å². The summed E-state index contributed by atoms with van der Waals surface area (Å²) in [5.41, 5.74) is 19.4. The fourth-order valence-electron chi connectivity index (χ4n) is 6.48. The molecule has 0 atom stereocenters. The number of hydrogen-bond acceptors (Lipinski definition) is 2. The van der Waals surface area contributed by atoms with Crippen LogP contribution in [0.1, 0.15) is 0 Å². The number of benzene rings is 4. The highest BCUT2D eigenvalue weighted by Crippen LogP contribution is 2.39. The van der Waals surface area contributed by atoms with E-state index in [0.29, 0.717) is 0 Å². The molecule has 0 saturated heterocycles. The van der Waals surface area contributed by atoms with Crippen LogP contribution in [0.4, 0.5) is 11.4 Å². The third-order valence-corrected chi connectivity index (χ3v) is 12.7. The van der Waals surface area contributed by atoms with Gasteiger partial charge in [-0.2, -0.15) is 0 Å². The van der Waals surface area contributed by atoms with Gasteiger partial charge in [0, 0.05) is 47.3 Å². The lowest BCUT2D eigenvalue weighted by molar-refractivity contribution is 0.930. The minimum Gasteiger partial charge on any atom is -0.399 e. The molecular weight excluding hydrogens is 444 g/mol. The number of aryl methyl sites for hydroxylation is 2. The molecule has 2 aromatic heterocycles. The number of hydrogen-bond donors (Lipinski definition) is 2. The summed E-state index contributed by atoms with van der Waals surface area (Å²) >= 11 is 0. The number of anilines is 2. The Morgan fingerprint density at radius 2 is 0.943 bits per heavy atom. The Morgan fingerprint density at radius 3 is 1.34 bits per heavy atom. The van der Waals surface area contributed by atoms with E-state index in [1.54, 1.807) is 0 Å². The van der Waals surface area contributed by atoms with Crippen LogP contribution < -0.4 is 32.2 Å². The van der Waals surface area contributed by atoms with E-state index < -0.39 is 8.07 Å². The lowest BCUT2D eigenvalue weighted by atomic mass is 10.2. The third kappa shape index (κ3) is 2.40. The van der Waals surface area contributed by atoms with Crippen LogP contribution >= 0.6 is 0 Å². The lowest BCUT2D eigenvalue weighted by Gasteiger charge is -2.31. The number of nitrogen functional groups attached to an aromatic ring is 2. The van der Waals surface area contributed by atoms with Crippen molar-refractivity contribution in [3.05, 3.63) is 97.1 Å². The summed E-state index contributed by atoms with van der Waals surface area (Å²) in [5, 5.41) is 8.08. The maximum Gasteiger partial charge on any atom is 0.185 e. The minimum atomic E-state index is -2.71. The van der Waals surface area contributed by atoms with Gasteiger partial charge in [-0.1, -0.05) is 60.7 Å². The normalized spacial score (nSPS) is 13.9. The van der Waals surface area contributed by atoms with Crippen molar-refractivity contribution in [3.8, 4) is 11.4 Å². The van der Waals surface area contributed by atoms with Crippen molar-refractivity contribution >= 4 is 62.0 Å². The van der Waals surface area contributed by atoms with Crippen molar-refractivity contribution in [1.82, 2.24) is 9.13 Å². The largest absolute Gasteiger partial charge is 0.399 e. The SMILES string of the molecule is Cn1c2c(c3cc(N)ccc31)[Si](c1ccccc1)(c1ccccc1)c1c-2n(C)c2ccc(N)cc12. The Bertz CT molecular complexity index is 1640. The van der Waals surface area contributed by atoms with Crippen molar-refractivity contribution in [3.63, 3.8) is 0 Å². The molecule has 3 heterocycles. The van der Waals surface area contributed by atoms with Crippen LogP contribution in [-0.4, -0.2) is 17.2 Å². The first-order valence-corrected chi connectivity index (χ1v) is 13.9. The molecule has 0 bridgehead atoms. The van der Waals surface area contributed by atoms with Gasteiger partial charge in [0.05, 0.1) is 11.4 Å². The summed E-state index contributed by atoms with van der Waals surface area (Å²) in [4.78, 5) is 0. The molecule has 5 heteroatoms. The predicted molar refractivity (Wildman–Crippen MR) is 151 cm³/mol. The van der Waals surface area contributed by atoms with Crippen LogP contribution in [-0.2, 0) is 14.1 Å². The highest BCUT2D eigenvalue weighted by atomic mass is 28.3. The van der Waals surface area contributed by atoms with Crippen LogP contribution in [0.5, 0.6) is 0 Å². The standard InChI is InChI=1S/C30H26N4Si/c1-33-25-15-13-19(31)17-23(25)29-27(33)28-30(24-18-20(32)14-16-26(24)34(28)2)35(29,21-9-5-3-6-10-21)22-11-7-4-8-12-22/h3-18H,31-32H2,1-2H3. The number of rotatable bonds is 2. The van der Waals surface area contributed by atoms with E-state index in [0.717, 1.165) is 11.4 Å². The van der Waals surface area contributed by atoms with Gasteiger partial charge >= 0.3 is 0 Å². The fourth-order valence-corrected chi connectivity index (χ4v) is 12.1. The molecule has 0 amide bonds. The Labute approximate surface area is 205 Å². The van der Waals surface area contributed by atoms with Crippen LogP contribution in [0.15, 0.2) is 97.1 Å². The van der Waals surface area contributed by atoms with E-state index in [1.807, 2.05) is 12.1 Å². The number of nitrogens with two attached hydrogens (primary N) is 2. The van der Waals surface area contributed by atoms with Gasteiger partial charge in [-0.15, -0.1) is 0 Å². The van der Waals surface area contributed by atoms with Crippen molar-refractivity contribution in [2.75, 3.05) is 11.5 Å². The van der Waals surface area contributed by atoms with E-state index in [4.69, 9.17) is 11.5 Å². The van der Waals surface area contributed by atoms with E-state index in [9.17, 15) is 0 Å². The van der Waals surface area contributed by atoms with Crippen LogP contribution in [0.3, 0.4) is 0 Å². The van der Waals surface area contributed by atoms with Gasteiger partial charge in [0.1, 0.15) is 0 Å². The Hall–Kier alpha value is -4.22. The van der Waals surface area contributed by atoms with Crippen LogP contribution in [0, 0.1) is 0 Å². The number of aromatic nitrogens is 2. The predicted octanol–water partition coefficient (Wildman–Crippen LogP) is 3.19. The maximum atomic E-state index is 6.40. The monoisotopic (exact) mass is 470 g/mol. The fraction of sp³-hybridized carbons (Fsp3) is 0.0667. The molecular formula is C30H26N4Si. The summed E-state index contributed by atoms with van der Waals surface area (Å²) < 4.78 is 4.73. The Kier molecular flexibility index (Phi) is 3.98. The Balaban J connectivity index is 1.82. The first-order chi connectivity index (χ1) is 17.0. The molecule has 0 fully saturated rings. The average Bonchev–Trinajstić information content (AvgIpc) is 3.45. The molecule has 0 radical (unpaired) electrons. The average molecular weight is 471 g/mol. The molecule has 170 valence electrons. The molecule has 0 aliphatic carbocycles. The molecule has 0 unspecified atom stereocenters. The van der Waals surface area contributed by atoms with E-state index in [2.05, 4.69) is 108 Å². The molecule has 4 N–H and O–H groups in total. The molecule has 1 aliphatic heterocycles. The minimum absolute atomic E-state index is 0.792. The molecule has 7 rings (SSSR count). The molecule has 35 heavy (non-hydrogen) atoms. The second-order valence-corrected chi connectivity index (χ2v) is 13.3. The molecule has 1 aliphatic rings. The summed E-state index contributed by atoms with van der Waals surface area (Å²) in [6, 6.07) is 34.8. The maximum absolute atomic E-state index is 6.40. The zero-order chi connectivity index (χ0) is 23.9. The second-order valence-electron chi connectivity index (χ2n) is 9.60. The molecule has 0 saturated carbocycles. The number of nitrogens with zero attached hydrogens (tertiary/aromatic N) is 2. The van der Waals surface area contributed by atoms with Gasteiger partial charge in [-0.25, -0.2) is 0 Å². The van der Waals surface area contributed by atoms with Crippen molar-refractivity contribution in [2.24, 2.45) is 14.1 Å². The van der Waals surface area contributed by atoms with Crippen molar-refractivity contribution in [1.29, 1.82) is 0 Å². The third-order valence-electron chi connectivity index (χ3n) is 7.83. The highest BCUT2D eigenvalue weighted by molar-refractivity contribution is 7.24. The van der Waals surface area contributed by atoms with Gasteiger partial charge in [-0.05, 0) is 57.1 Å². The molecule has 6 aromatic rings. The van der Waals surface area contributed by atoms with Gasteiger partial charge in [0.15, 0.2) is 8.07 Å². The second kappa shape index (κ2) is 6.90. The van der Waals surface area contributed by atoms with Gasteiger partial charge in [0.2, 0.25) is 0 Å². The van der Waals surface area contributed by atoms with Crippen LogP contribution in [0.2, 0.25) is 0 Å². The van der Waals surface area contributed by atoms with Gasteiger partial charge in [-0.3, -0.25) is 0 Å². The molecule has 4 aromatic carbocycles. The van der Waals surface area contributed by atoms with Crippen molar-refractivity contribution in [2.45, 2.75) is 0 Å². The molecule has 4 nitrogen and oxygen atoms in total. The highest BCUT2D eigenvalue weighted by Gasteiger charge is 2.54. The van der Waals surface area contributed by atoms with Crippen LogP contribution in [0.25, 0.3) is 33.2 Å². The smallest absolute Gasteiger partial charge is 0.185 e. The lowest BCUT2D eigenvalue weighted by Crippen LogP contribution is -2.72. The number of fused-ring (bicyclic) bond motifs is 7. The van der Waals surface area contributed by atoms with Gasteiger partial charge in [0.25, 0.3) is 0 Å². The quantitative estimate of drug-likeness (QED) is 0.301. The summed E-state index contributed by atoms with van der Waals surface area (Å²) in [6.45, 7) is 0. The zero-order valence-corrected chi connectivity index (χ0v) is 20.8. The summed E-state index contributed by atoms with van der Waals surface area (Å²) in [6.07, 6.45) is 0. The Morgan fingerprint density at radius 1 is 0.543 bits per heavy atom. The summed E-state index contributed by atoms with van der Waals surface area (Å²) in [5.74, 6) is 0. The summed E-state index contributed by atoms with van der Waals surface area (Å²) in [7, 11) is 1.66.